The van der Waals surface area contributed by atoms with Gasteiger partial charge in [-0.05, 0) is 38.9 Å². The van der Waals surface area contributed by atoms with Crippen molar-refractivity contribution < 1.29 is 9.18 Å². The minimum atomic E-state index is -0.418. The van der Waals surface area contributed by atoms with E-state index in [-0.39, 0.29) is 11.7 Å². The van der Waals surface area contributed by atoms with Gasteiger partial charge in [-0.25, -0.2) is 4.39 Å². The highest BCUT2D eigenvalue weighted by Gasteiger charge is 2.20. The summed E-state index contributed by atoms with van der Waals surface area (Å²) in [4.78, 5) is 18.3. The largest absolute Gasteiger partial charge is 0.300 e. The second-order valence-corrected chi connectivity index (χ2v) is 5.22. The summed E-state index contributed by atoms with van der Waals surface area (Å²) >= 11 is 0. The lowest BCUT2D eigenvalue weighted by Gasteiger charge is -2.28. The predicted molar refractivity (Wildman–Crippen MR) is 74.7 cm³/mol. The first-order valence-electron chi connectivity index (χ1n) is 6.85. The van der Waals surface area contributed by atoms with Crippen LogP contribution in [-0.2, 0) is 0 Å². The SMILES string of the molecule is CCCN(CC(C)C(=O)c1ccc(F)cn1)C(C)C. The predicted octanol–water partition coefficient (Wildman–Crippen LogP) is 3.16. The molecule has 0 saturated carbocycles. The van der Waals surface area contributed by atoms with Crippen LogP contribution in [0.4, 0.5) is 4.39 Å². The average molecular weight is 266 g/mol. The molecule has 1 aromatic heterocycles. The summed E-state index contributed by atoms with van der Waals surface area (Å²) in [5.74, 6) is -0.576. The van der Waals surface area contributed by atoms with Crippen molar-refractivity contribution in [3.05, 3.63) is 29.8 Å². The van der Waals surface area contributed by atoms with E-state index in [2.05, 4.69) is 30.7 Å². The number of Topliss-reactive ketones (excluding diaryl/α,β-unsaturated/α-hetero) is 1. The summed E-state index contributed by atoms with van der Waals surface area (Å²) in [6, 6.07) is 3.14. The minimum absolute atomic E-state index is 0.0262. The summed E-state index contributed by atoms with van der Waals surface area (Å²) in [6.45, 7) is 9.98. The summed E-state index contributed by atoms with van der Waals surface area (Å²) in [7, 11) is 0. The maximum Gasteiger partial charge on any atom is 0.185 e. The number of rotatable bonds is 7. The molecule has 0 fully saturated rings. The molecule has 0 aromatic carbocycles. The Morgan fingerprint density at radius 1 is 1.37 bits per heavy atom. The Balaban J connectivity index is 2.68. The Hall–Kier alpha value is -1.29. The van der Waals surface area contributed by atoms with Crippen molar-refractivity contribution in [1.29, 1.82) is 0 Å². The molecule has 0 radical (unpaired) electrons. The van der Waals surface area contributed by atoms with Crippen LogP contribution in [0, 0.1) is 11.7 Å². The van der Waals surface area contributed by atoms with Gasteiger partial charge in [-0.3, -0.25) is 9.78 Å². The van der Waals surface area contributed by atoms with Crippen LogP contribution in [0.15, 0.2) is 18.3 Å². The van der Waals surface area contributed by atoms with Crippen LogP contribution in [0.3, 0.4) is 0 Å². The topological polar surface area (TPSA) is 33.2 Å². The molecular formula is C15H23FN2O. The molecule has 1 heterocycles. The number of hydrogen-bond acceptors (Lipinski definition) is 3. The number of nitrogens with zero attached hydrogens (tertiary/aromatic N) is 2. The van der Waals surface area contributed by atoms with E-state index in [4.69, 9.17) is 0 Å². The van der Waals surface area contributed by atoms with Crippen LogP contribution in [-0.4, -0.2) is 34.8 Å². The van der Waals surface area contributed by atoms with E-state index in [1.54, 1.807) is 0 Å². The number of halogens is 1. The summed E-state index contributed by atoms with van der Waals surface area (Å²) in [5.41, 5.74) is 0.342. The molecule has 0 bridgehead atoms. The third kappa shape index (κ3) is 4.71. The third-order valence-corrected chi connectivity index (χ3v) is 3.18. The van der Waals surface area contributed by atoms with Gasteiger partial charge in [0.15, 0.2) is 5.78 Å². The zero-order valence-corrected chi connectivity index (χ0v) is 12.2. The summed E-state index contributed by atoms with van der Waals surface area (Å²) in [6.07, 6.45) is 2.15. The first-order chi connectivity index (χ1) is 8.95. The normalized spacial score (nSPS) is 13.0. The molecule has 0 saturated heterocycles. The monoisotopic (exact) mass is 266 g/mol. The quantitative estimate of drug-likeness (QED) is 0.711. The molecule has 0 amide bonds. The standard InChI is InChI=1S/C15H23FN2O/c1-5-8-18(11(2)3)10-12(4)15(19)14-7-6-13(16)9-17-14/h6-7,9,11-12H,5,8,10H2,1-4H3. The van der Waals surface area contributed by atoms with Gasteiger partial charge in [-0.2, -0.15) is 0 Å². The van der Waals surface area contributed by atoms with E-state index in [0.29, 0.717) is 18.3 Å². The van der Waals surface area contributed by atoms with Crippen molar-refractivity contribution in [1.82, 2.24) is 9.88 Å². The van der Waals surface area contributed by atoms with E-state index >= 15 is 0 Å². The minimum Gasteiger partial charge on any atom is -0.300 e. The zero-order valence-electron chi connectivity index (χ0n) is 12.2. The smallest absolute Gasteiger partial charge is 0.185 e. The van der Waals surface area contributed by atoms with Crippen LogP contribution in [0.2, 0.25) is 0 Å². The van der Waals surface area contributed by atoms with Crippen LogP contribution in [0.1, 0.15) is 44.6 Å². The third-order valence-electron chi connectivity index (χ3n) is 3.18. The van der Waals surface area contributed by atoms with E-state index < -0.39 is 5.82 Å². The van der Waals surface area contributed by atoms with E-state index in [1.807, 2.05) is 6.92 Å². The van der Waals surface area contributed by atoms with Gasteiger partial charge in [-0.15, -0.1) is 0 Å². The van der Waals surface area contributed by atoms with Crippen LogP contribution in [0.5, 0.6) is 0 Å². The molecule has 0 aliphatic heterocycles. The Labute approximate surface area is 114 Å². The first-order valence-corrected chi connectivity index (χ1v) is 6.85. The van der Waals surface area contributed by atoms with Gasteiger partial charge in [0.25, 0.3) is 0 Å². The summed E-state index contributed by atoms with van der Waals surface area (Å²) in [5, 5.41) is 0. The fourth-order valence-corrected chi connectivity index (χ4v) is 2.06. The van der Waals surface area contributed by atoms with E-state index in [9.17, 15) is 9.18 Å². The number of pyridine rings is 1. The lowest BCUT2D eigenvalue weighted by molar-refractivity contribution is 0.0872. The second kappa shape index (κ2) is 7.34. The van der Waals surface area contributed by atoms with Gasteiger partial charge in [-0.1, -0.05) is 13.8 Å². The number of hydrogen-bond donors (Lipinski definition) is 0. The average Bonchev–Trinajstić information content (AvgIpc) is 2.38. The maximum atomic E-state index is 12.8. The van der Waals surface area contributed by atoms with Gasteiger partial charge < -0.3 is 4.90 Å². The van der Waals surface area contributed by atoms with Crippen LogP contribution in [0.25, 0.3) is 0 Å². The molecule has 4 heteroatoms. The fraction of sp³-hybridized carbons (Fsp3) is 0.600. The lowest BCUT2D eigenvalue weighted by atomic mass is 10.0. The molecule has 0 spiro atoms. The van der Waals surface area contributed by atoms with E-state index in [0.717, 1.165) is 19.2 Å². The molecule has 3 nitrogen and oxygen atoms in total. The van der Waals surface area contributed by atoms with Crippen molar-refractivity contribution in [3.8, 4) is 0 Å². The number of ketones is 1. The molecule has 0 N–H and O–H groups in total. The van der Waals surface area contributed by atoms with Crippen LogP contribution >= 0.6 is 0 Å². The molecular weight excluding hydrogens is 243 g/mol. The van der Waals surface area contributed by atoms with Crippen molar-refractivity contribution in [3.63, 3.8) is 0 Å². The zero-order chi connectivity index (χ0) is 14.4. The van der Waals surface area contributed by atoms with Gasteiger partial charge in [0, 0.05) is 18.5 Å². The molecule has 1 unspecified atom stereocenters. The molecule has 19 heavy (non-hydrogen) atoms. The van der Waals surface area contributed by atoms with Gasteiger partial charge >= 0.3 is 0 Å². The van der Waals surface area contributed by atoms with Crippen LogP contribution < -0.4 is 0 Å². The Bertz CT molecular complexity index is 403. The maximum absolute atomic E-state index is 12.8. The van der Waals surface area contributed by atoms with Crippen molar-refractivity contribution in [2.75, 3.05) is 13.1 Å². The molecule has 106 valence electrons. The highest BCUT2D eigenvalue weighted by Crippen LogP contribution is 2.11. The Morgan fingerprint density at radius 3 is 2.53 bits per heavy atom. The lowest BCUT2D eigenvalue weighted by Crippen LogP contribution is -2.37. The molecule has 0 aliphatic carbocycles. The van der Waals surface area contributed by atoms with Gasteiger partial charge in [0.1, 0.15) is 11.5 Å². The highest BCUT2D eigenvalue weighted by molar-refractivity contribution is 5.95. The highest BCUT2D eigenvalue weighted by atomic mass is 19.1. The Morgan fingerprint density at radius 2 is 2.05 bits per heavy atom. The van der Waals surface area contributed by atoms with Gasteiger partial charge in [0.05, 0.1) is 6.20 Å². The number of carbonyl (C=O) groups is 1. The van der Waals surface area contributed by atoms with Gasteiger partial charge in [0.2, 0.25) is 0 Å². The van der Waals surface area contributed by atoms with E-state index in [1.165, 1.54) is 12.1 Å². The molecule has 1 atom stereocenters. The van der Waals surface area contributed by atoms with Crippen molar-refractivity contribution in [2.45, 2.75) is 40.2 Å². The summed E-state index contributed by atoms with van der Waals surface area (Å²) < 4.78 is 12.8. The molecule has 1 rings (SSSR count). The second-order valence-electron chi connectivity index (χ2n) is 5.22. The fourth-order valence-electron chi connectivity index (χ4n) is 2.06. The Kier molecular flexibility index (Phi) is 6.09. The first kappa shape index (κ1) is 15.8. The number of aromatic nitrogens is 1. The van der Waals surface area contributed by atoms with Crippen molar-refractivity contribution >= 4 is 5.78 Å². The number of carbonyl (C=O) groups excluding carboxylic acids is 1. The molecule has 1 aromatic rings. The van der Waals surface area contributed by atoms with Crippen molar-refractivity contribution in [2.24, 2.45) is 5.92 Å². The molecule has 0 aliphatic rings.